The average Bonchev–Trinajstić information content (AvgIpc) is 2.63. The van der Waals surface area contributed by atoms with E-state index in [0.29, 0.717) is 23.6 Å². The van der Waals surface area contributed by atoms with Gasteiger partial charge in [0, 0.05) is 29.2 Å². The first kappa shape index (κ1) is 17.0. The maximum atomic E-state index is 12.1. The molecule has 2 nitrogen and oxygen atoms in total. The Kier molecular flexibility index (Phi) is 5.92. The molecule has 0 heterocycles. The predicted octanol–water partition coefficient (Wildman–Crippen LogP) is 6.07. The van der Waals surface area contributed by atoms with Gasteiger partial charge in [0.15, 0.2) is 5.78 Å². The standard InChI is InChI=1S/C21H24ClNO/c22-19-10-6-18(7-11-19)21(24)14-15-23-20-12-8-17(9-13-20)16-4-2-1-3-5-16/h6-13,16,23H,1-5,14-15H2. The second kappa shape index (κ2) is 8.34. The molecule has 3 heteroatoms. The number of ketones is 1. The van der Waals surface area contributed by atoms with Gasteiger partial charge in [0.05, 0.1) is 0 Å². The molecule has 0 radical (unpaired) electrons. The molecule has 126 valence electrons. The molecule has 1 aliphatic rings. The molecule has 0 amide bonds. The molecule has 1 aliphatic carbocycles. The van der Waals surface area contributed by atoms with Gasteiger partial charge in [0.2, 0.25) is 0 Å². The van der Waals surface area contributed by atoms with Crippen molar-refractivity contribution in [3.05, 3.63) is 64.7 Å². The number of benzene rings is 2. The van der Waals surface area contributed by atoms with E-state index in [1.165, 1.54) is 37.7 Å². The molecule has 0 bridgehead atoms. The number of rotatable bonds is 6. The van der Waals surface area contributed by atoms with Crippen molar-refractivity contribution in [2.24, 2.45) is 0 Å². The summed E-state index contributed by atoms with van der Waals surface area (Å²) in [6.07, 6.45) is 7.23. The Balaban J connectivity index is 1.48. The van der Waals surface area contributed by atoms with Gasteiger partial charge in [-0.1, -0.05) is 43.0 Å². The quantitative estimate of drug-likeness (QED) is 0.646. The van der Waals surface area contributed by atoms with Crippen molar-refractivity contribution in [2.45, 2.75) is 44.4 Å². The van der Waals surface area contributed by atoms with Crippen LogP contribution >= 0.6 is 11.6 Å². The van der Waals surface area contributed by atoms with Crippen LogP contribution in [0.25, 0.3) is 0 Å². The second-order valence-electron chi connectivity index (χ2n) is 6.56. The number of anilines is 1. The summed E-state index contributed by atoms with van der Waals surface area (Å²) >= 11 is 5.85. The summed E-state index contributed by atoms with van der Waals surface area (Å²) < 4.78 is 0. The molecule has 0 atom stereocenters. The van der Waals surface area contributed by atoms with Gasteiger partial charge in [0.1, 0.15) is 0 Å². The third kappa shape index (κ3) is 4.61. The van der Waals surface area contributed by atoms with Crippen molar-refractivity contribution in [1.29, 1.82) is 0 Å². The topological polar surface area (TPSA) is 29.1 Å². The van der Waals surface area contributed by atoms with Crippen LogP contribution in [0.2, 0.25) is 5.02 Å². The molecule has 0 aliphatic heterocycles. The van der Waals surface area contributed by atoms with Gasteiger partial charge in [-0.2, -0.15) is 0 Å². The zero-order chi connectivity index (χ0) is 16.8. The highest BCUT2D eigenvalue weighted by Crippen LogP contribution is 2.32. The number of carbonyl (C=O) groups excluding carboxylic acids is 1. The van der Waals surface area contributed by atoms with Gasteiger partial charge in [-0.3, -0.25) is 4.79 Å². The predicted molar refractivity (Wildman–Crippen MR) is 101 cm³/mol. The normalized spacial score (nSPS) is 15.2. The Morgan fingerprint density at radius 2 is 1.62 bits per heavy atom. The van der Waals surface area contributed by atoms with E-state index < -0.39 is 0 Å². The smallest absolute Gasteiger partial charge is 0.164 e. The summed E-state index contributed by atoms with van der Waals surface area (Å²) in [6, 6.07) is 15.8. The molecular weight excluding hydrogens is 318 g/mol. The molecule has 0 unspecified atom stereocenters. The van der Waals surface area contributed by atoms with Crippen molar-refractivity contribution in [2.75, 3.05) is 11.9 Å². The third-order valence-electron chi connectivity index (χ3n) is 4.83. The fraction of sp³-hybridized carbons (Fsp3) is 0.381. The van der Waals surface area contributed by atoms with E-state index in [9.17, 15) is 4.79 Å². The van der Waals surface area contributed by atoms with Crippen molar-refractivity contribution < 1.29 is 4.79 Å². The Morgan fingerprint density at radius 3 is 2.29 bits per heavy atom. The SMILES string of the molecule is O=C(CCNc1ccc(C2CCCCC2)cc1)c1ccc(Cl)cc1. The van der Waals surface area contributed by atoms with Crippen LogP contribution in [0, 0.1) is 0 Å². The number of halogens is 1. The minimum absolute atomic E-state index is 0.137. The zero-order valence-electron chi connectivity index (χ0n) is 13.9. The van der Waals surface area contributed by atoms with Crippen molar-refractivity contribution >= 4 is 23.1 Å². The molecule has 0 saturated heterocycles. The Bertz CT molecular complexity index is 657. The van der Waals surface area contributed by atoms with Gasteiger partial charge >= 0.3 is 0 Å². The van der Waals surface area contributed by atoms with Crippen LogP contribution in [0.15, 0.2) is 48.5 Å². The van der Waals surface area contributed by atoms with Crippen molar-refractivity contribution in [3.8, 4) is 0 Å². The molecule has 1 N–H and O–H groups in total. The van der Waals surface area contributed by atoms with Gasteiger partial charge in [0.25, 0.3) is 0 Å². The van der Waals surface area contributed by atoms with Crippen molar-refractivity contribution in [1.82, 2.24) is 0 Å². The number of carbonyl (C=O) groups is 1. The summed E-state index contributed by atoms with van der Waals surface area (Å²) in [4.78, 5) is 12.1. The molecule has 2 aromatic carbocycles. The number of hydrogen-bond donors (Lipinski definition) is 1. The molecule has 0 aromatic heterocycles. The summed E-state index contributed by atoms with van der Waals surface area (Å²) in [6.45, 7) is 0.643. The lowest BCUT2D eigenvalue weighted by Gasteiger charge is -2.22. The lowest BCUT2D eigenvalue weighted by atomic mass is 9.84. The van der Waals surface area contributed by atoms with Crippen LogP contribution in [0.5, 0.6) is 0 Å². The van der Waals surface area contributed by atoms with Crippen LogP contribution in [-0.2, 0) is 0 Å². The summed E-state index contributed by atoms with van der Waals surface area (Å²) in [7, 11) is 0. The molecule has 1 saturated carbocycles. The molecule has 24 heavy (non-hydrogen) atoms. The zero-order valence-corrected chi connectivity index (χ0v) is 14.7. The van der Waals surface area contributed by atoms with Crippen LogP contribution in [0.1, 0.15) is 60.4 Å². The van der Waals surface area contributed by atoms with E-state index in [1.807, 2.05) is 0 Å². The van der Waals surface area contributed by atoms with E-state index in [1.54, 1.807) is 24.3 Å². The van der Waals surface area contributed by atoms with Gasteiger partial charge in [-0.25, -0.2) is 0 Å². The third-order valence-corrected chi connectivity index (χ3v) is 5.09. The first-order valence-electron chi connectivity index (χ1n) is 8.85. The van der Waals surface area contributed by atoms with Gasteiger partial charge in [-0.15, -0.1) is 0 Å². The summed E-state index contributed by atoms with van der Waals surface area (Å²) in [5.74, 6) is 0.872. The Hall–Kier alpha value is -1.80. The average molecular weight is 342 g/mol. The van der Waals surface area contributed by atoms with E-state index >= 15 is 0 Å². The highest BCUT2D eigenvalue weighted by molar-refractivity contribution is 6.30. The maximum Gasteiger partial charge on any atom is 0.164 e. The molecular formula is C21H24ClNO. The molecule has 2 aromatic rings. The highest BCUT2D eigenvalue weighted by atomic mass is 35.5. The lowest BCUT2D eigenvalue weighted by Crippen LogP contribution is -2.09. The van der Waals surface area contributed by atoms with Gasteiger partial charge in [-0.05, 0) is 60.7 Å². The number of hydrogen-bond acceptors (Lipinski definition) is 2. The van der Waals surface area contributed by atoms with Crippen molar-refractivity contribution in [3.63, 3.8) is 0 Å². The minimum Gasteiger partial charge on any atom is -0.385 e. The summed E-state index contributed by atoms with van der Waals surface area (Å²) in [5.41, 5.74) is 3.25. The van der Waals surface area contributed by atoms with Crippen LogP contribution in [0.3, 0.4) is 0 Å². The fourth-order valence-corrected chi connectivity index (χ4v) is 3.54. The van der Waals surface area contributed by atoms with Crippen LogP contribution < -0.4 is 5.32 Å². The largest absolute Gasteiger partial charge is 0.385 e. The van der Waals surface area contributed by atoms with E-state index in [2.05, 4.69) is 29.6 Å². The molecule has 1 fully saturated rings. The lowest BCUT2D eigenvalue weighted by molar-refractivity contribution is 0.0986. The van der Waals surface area contributed by atoms with E-state index in [0.717, 1.165) is 11.6 Å². The Morgan fingerprint density at radius 1 is 0.958 bits per heavy atom. The molecule has 0 spiro atoms. The maximum absolute atomic E-state index is 12.1. The monoisotopic (exact) mass is 341 g/mol. The summed E-state index contributed by atoms with van der Waals surface area (Å²) in [5, 5.41) is 4.00. The number of nitrogens with one attached hydrogen (secondary N) is 1. The minimum atomic E-state index is 0.137. The second-order valence-corrected chi connectivity index (χ2v) is 7.00. The number of Topliss-reactive ketones (excluding diaryl/α,β-unsaturated/α-hetero) is 1. The first-order valence-corrected chi connectivity index (χ1v) is 9.23. The fourth-order valence-electron chi connectivity index (χ4n) is 3.41. The van der Waals surface area contributed by atoms with E-state index in [-0.39, 0.29) is 5.78 Å². The highest BCUT2D eigenvalue weighted by Gasteiger charge is 2.15. The van der Waals surface area contributed by atoms with E-state index in [4.69, 9.17) is 11.6 Å². The van der Waals surface area contributed by atoms with Crippen LogP contribution in [-0.4, -0.2) is 12.3 Å². The first-order chi connectivity index (χ1) is 11.7. The Labute approximate surface area is 149 Å². The van der Waals surface area contributed by atoms with Gasteiger partial charge < -0.3 is 5.32 Å². The van der Waals surface area contributed by atoms with Crippen LogP contribution in [0.4, 0.5) is 5.69 Å². The molecule has 3 rings (SSSR count).